The Morgan fingerprint density at radius 2 is 1.96 bits per heavy atom. The number of amides is 2. The molecule has 1 aliphatic carbocycles. The zero-order valence-corrected chi connectivity index (χ0v) is 14.1. The van der Waals surface area contributed by atoms with Crippen molar-refractivity contribution in [2.24, 2.45) is 5.92 Å². The molecule has 1 aliphatic heterocycles. The van der Waals surface area contributed by atoms with E-state index < -0.39 is 0 Å². The average molecular weight is 316 g/mol. The molecule has 0 atom stereocenters. The van der Waals surface area contributed by atoms with Crippen LogP contribution >= 0.6 is 0 Å². The van der Waals surface area contributed by atoms with E-state index in [-0.39, 0.29) is 11.4 Å². The number of carbonyl (C=O) groups excluding carboxylic acids is 1. The molecule has 0 aromatic heterocycles. The fourth-order valence-corrected chi connectivity index (χ4v) is 3.65. The molecule has 0 unspecified atom stereocenters. The van der Waals surface area contributed by atoms with Crippen molar-refractivity contribution in [3.05, 3.63) is 35.9 Å². The Kier molecular flexibility index (Phi) is 5.21. The van der Waals surface area contributed by atoms with E-state index in [0.29, 0.717) is 12.5 Å². The topological polar surface area (TPSA) is 41.6 Å². The summed E-state index contributed by atoms with van der Waals surface area (Å²) in [5.74, 6) is 0.705. The molecule has 0 bridgehead atoms. The Labute approximate surface area is 139 Å². The van der Waals surface area contributed by atoms with Gasteiger partial charge in [0.1, 0.15) is 0 Å². The number of nitrogens with one attached hydrogen (secondary N) is 1. The van der Waals surface area contributed by atoms with Crippen LogP contribution in [0.1, 0.15) is 37.7 Å². The fraction of sp³-hybridized carbons (Fsp3) is 0.632. The minimum absolute atomic E-state index is 0.00643. The van der Waals surface area contributed by atoms with Crippen LogP contribution in [-0.4, -0.2) is 44.3 Å². The van der Waals surface area contributed by atoms with E-state index in [1.54, 1.807) is 0 Å². The van der Waals surface area contributed by atoms with Crippen LogP contribution in [0.3, 0.4) is 0 Å². The van der Waals surface area contributed by atoms with E-state index in [9.17, 15) is 4.79 Å². The van der Waals surface area contributed by atoms with Crippen molar-refractivity contribution < 1.29 is 9.53 Å². The zero-order valence-electron chi connectivity index (χ0n) is 14.1. The van der Waals surface area contributed by atoms with Crippen molar-refractivity contribution in [3.8, 4) is 0 Å². The van der Waals surface area contributed by atoms with Crippen LogP contribution in [0.5, 0.6) is 0 Å². The standard InChI is InChI=1S/C19H28N2O2/c1-21(14-16-6-5-7-16)18(22)20-15-19(10-12-23-13-11-19)17-8-3-2-4-9-17/h2-4,8-9,16H,5-7,10-15H2,1H3,(H,20,22). The van der Waals surface area contributed by atoms with Crippen molar-refractivity contribution in [3.63, 3.8) is 0 Å². The van der Waals surface area contributed by atoms with Gasteiger partial charge in [-0.2, -0.15) is 0 Å². The predicted molar refractivity (Wildman–Crippen MR) is 91.5 cm³/mol. The van der Waals surface area contributed by atoms with Gasteiger partial charge in [-0.1, -0.05) is 36.8 Å². The number of carbonyl (C=O) groups is 1. The van der Waals surface area contributed by atoms with E-state index in [1.807, 2.05) is 18.0 Å². The Bertz CT molecular complexity index is 507. The summed E-state index contributed by atoms with van der Waals surface area (Å²) in [5.41, 5.74) is 1.32. The van der Waals surface area contributed by atoms with Crippen LogP contribution in [0.4, 0.5) is 4.79 Å². The minimum atomic E-state index is 0.00643. The molecular formula is C19H28N2O2. The molecule has 1 N–H and O–H groups in total. The fourth-order valence-electron chi connectivity index (χ4n) is 3.65. The van der Waals surface area contributed by atoms with E-state index in [2.05, 4.69) is 29.6 Å². The Hall–Kier alpha value is -1.55. The molecule has 2 amide bonds. The van der Waals surface area contributed by atoms with Gasteiger partial charge in [0, 0.05) is 38.8 Å². The van der Waals surface area contributed by atoms with Gasteiger partial charge >= 0.3 is 6.03 Å². The smallest absolute Gasteiger partial charge is 0.317 e. The molecule has 1 saturated carbocycles. The highest BCUT2D eigenvalue weighted by Gasteiger charge is 2.35. The number of benzene rings is 1. The zero-order chi connectivity index (χ0) is 16.1. The summed E-state index contributed by atoms with van der Waals surface area (Å²) < 4.78 is 5.55. The van der Waals surface area contributed by atoms with E-state index in [1.165, 1.54) is 24.8 Å². The normalized spacial score (nSPS) is 20.6. The number of hydrogen-bond donors (Lipinski definition) is 1. The molecule has 2 fully saturated rings. The van der Waals surface area contributed by atoms with Crippen molar-refractivity contribution in [2.45, 2.75) is 37.5 Å². The Morgan fingerprint density at radius 1 is 1.26 bits per heavy atom. The van der Waals surface area contributed by atoms with Gasteiger partial charge in [-0.15, -0.1) is 0 Å². The van der Waals surface area contributed by atoms with Crippen molar-refractivity contribution >= 4 is 6.03 Å². The summed E-state index contributed by atoms with van der Waals surface area (Å²) in [6.45, 7) is 3.10. The van der Waals surface area contributed by atoms with Gasteiger partial charge in [-0.3, -0.25) is 0 Å². The van der Waals surface area contributed by atoms with Crippen LogP contribution in [0.2, 0.25) is 0 Å². The lowest BCUT2D eigenvalue weighted by molar-refractivity contribution is 0.0501. The monoisotopic (exact) mass is 316 g/mol. The molecule has 0 spiro atoms. The third kappa shape index (κ3) is 3.86. The van der Waals surface area contributed by atoms with Gasteiger partial charge in [0.2, 0.25) is 0 Å². The second kappa shape index (κ2) is 7.35. The summed E-state index contributed by atoms with van der Waals surface area (Å²) in [6, 6.07) is 10.6. The lowest BCUT2D eigenvalue weighted by Crippen LogP contribution is -2.48. The minimum Gasteiger partial charge on any atom is -0.381 e. The third-order valence-electron chi connectivity index (χ3n) is 5.52. The molecule has 1 aromatic carbocycles. The van der Waals surface area contributed by atoms with Crippen molar-refractivity contribution in [1.29, 1.82) is 0 Å². The molecule has 1 aromatic rings. The molecule has 3 rings (SSSR count). The molecule has 4 heteroatoms. The second-order valence-electron chi connectivity index (χ2n) is 7.09. The summed E-state index contributed by atoms with van der Waals surface area (Å²) >= 11 is 0. The summed E-state index contributed by atoms with van der Waals surface area (Å²) in [7, 11) is 1.91. The molecular weight excluding hydrogens is 288 g/mol. The Balaban J connectivity index is 1.61. The van der Waals surface area contributed by atoms with Gasteiger partial charge in [0.25, 0.3) is 0 Å². The molecule has 1 saturated heterocycles. The van der Waals surface area contributed by atoms with Gasteiger partial charge in [0.15, 0.2) is 0 Å². The maximum Gasteiger partial charge on any atom is 0.317 e. The van der Waals surface area contributed by atoms with Gasteiger partial charge < -0.3 is 15.0 Å². The molecule has 0 radical (unpaired) electrons. The first-order chi connectivity index (χ1) is 11.2. The van der Waals surface area contributed by atoms with Crippen LogP contribution in [0.25, 0.3) is 0 Å². The van der Waals surface area contributed by atoms with E-state index in [0.717, 1.165) is 32.6 Å². The van der Waals surface area contributed by atoms with Crippen molar-refractivity contribution in [2.75, 3.05) is 33.4 Å². The van der Waals surface area contributed by atoms with Crippen LogP contribution in [0.15, 0.2) is 30.3 Å². The van der Waals surface area contributed by atoms with Gasteiger partial charge in [-0.05, 0) is 37.2 Å². The van der Waals surface area contributed by atoms with Crippen molar-refractivity contribution in [1.82, 2.24) is 10.2 Å². The molecule has 2 aliphatic rings. The Morgan fingerprint density at radius 3 is 2.57 bits per heavy atom. The summed E-state index contributed by atoms with van der Waals surface area (Å²) in [6.07, 6.45) is 5.77. The highest BCUT2D eigenvalue weighted by Crippen LogP contribution is 2.34. The van der Waals surface area contributed by atoms with Gasteiger partial charge in [0.05, 0.1) is 0 Å². The lowest BCUT2D eigenvalue weighted by Gasteiger charge is -2.38. The third-order valence-corrected chi connectivity index (χ3v) is 5.52. The molecule has 4 nitrogen and oxygen atoms in total. The quantitative estimate of drug-likeness (QED) is 0.906. The largest absolute Gasteiger partial charge is 0.381 e. The van der Waals surface area contributed by atoms with Gasteiger partial charge in [-0.25, -0.2) is 4.79 Å². The van der Waals surface area contributed by atoms with Crippen LogP contribution < -0.4 is 5.32 Å². The highest BCUT2D eigenvalue weighted by atomic mass is 16.5. The number of urea groups is 1. The van der Waals surface area contributed by atoms with E-state index >= 15 is 0 Å². The number of hydrogen-bond acceptors (Lipinski definition) is 2. The predicted octanol–water partition coefficient (Wildman–Crippen LogP) is 3.18. The summed E-state index contributed by atoms with van der Waals surface area (Å²) in [4.78, 5) is 14.3. The lowest BCUT2D eigenvalue weighted by atomic mass is 9.74. The highest BCUT2D eigenvalue weighted by molar-refractivity contribution is 5.74. The molecule has 1 heterocycles. The number of ether oxygens (including phenoxy) is 1. The first kappa shape index (κ1) is 16.3. The van der Waals surface area contributed by atoms with Crippen LogP contribution in [0, 0.1) is 5.92 Å². The molecule has 23 heavy (non-hydrogen) atoms. The van der Waals surface area contributed by atoms with E-state index in [4.69, 9.17) is 4.74 Å². The number of nitrogens with zero attached hydrogens (tertiary/aromatic N) is 1. The second-order valence-corrected chi connectivity index (χ2v) is 7.09. The average Bonchev–Trinajstić information content (AvgIpc) is 2.57. The molecule has 126 valence electrons. The first-order valence-corrected chi connectivity index (χ1v) is 8.82. The maximum absolute atomic E-state index is 12.4. The first-order valence-electron chi connectivity index (χ1n) is 8.82. The number of rotatable bonds is 5. The summed E-state index contributed by atoms with van der Waals surface area (Å²) in [5, 5.41) is 3.18. The SMILES string of the molecule is CN(CC1CCC1)C(=O)NCC1(c2ccccc2)CCOCC1. The van der Waals surface area contributed by atoms with Crippen LogP contribution in [-0.2, 0) is 10.2 Å². The maximum atomic E-state index is 12.4.